The van der Waals surface area contributed by atoms with Gasteiger partial charge in [0, 0.05) is 38.8 Å². The average molecular weight is 339 g/mol. The number of nitrogens with zero attached hydrogens (tertiary/aromatic N) is 2. The minimum atomic E-state index is -3.38. The van der Waals surface area contributed by atoms with Crippen LogP contribution in [0, 0.1) is 0 Å². The molecule has 6 heteroatoms. The van der Waals surface area contributed by atoms with E-state index in [-0.39, 0.29) is 0 Å². The van der Waals surface area contributed by atoms with Crippen molar-refractivity contribution in [1.29, 1.82) is 0 Å². The predicted octanol–water partition coefficient (Wildman–Crippen LogP) is 2.09. The maximum atomic E-state index is 12.8. The Bertz CT molecular complexity index is 628. The Morgan fingerprint density at radius 2 is 1.65 bits per heavy atom. The van der Waals surface area contributed by atoms with Crippen LogP contribution in [0.1, 0.15) is 25.7 Å². The Labute approximate surface area is 139 Å². The van der Waals surface area contributed by atoms with Crippen LogP contribution in [0.25, 0.3) is 0 Å². The third-order valence-corrected chi connectivity index (χ3v) is 7.50. The molecular formula is C17H27N2O3S+. The molecule has 0 radical (unpaired) electrons. The van der Waals surface area contributed by atoms with E-state index in [1.54, 1.807) is 35.7 Å². The molecule has 0 amide bonds. The Hall–Kier alpha value is -1.11. The summed E-state index contributed by atoms with van der Waals surface area (Å²) in [7, 11) is 0.535. The molecule has 0 atom stereocenters. The van der Waals surface area contributed by atoms with Crippen molar-refractivity contribution >= 4 is 10.0 Å². The smallest absolute Gasteiger partial charge is 0.243 e. The van der Waals surface area contributed by atoms with Crippen LogP contribution in [0.2, 0.25) is 0 Å². The van der Waals surface area contributed by atoms with Gasteiger partial charge >= 0.3 is 0 Å². The average Bonchev–Trinajstić information content (AvgIpc) is 3.03. The van der Waals surface area contributed by atoms with Crippen LogP contribution in [0.4, 0.5) is 0 Å². The molecule has 3 rings (SSSR count). The van der Waals surface area contributed by atoms with Gasteiger partial charge in [0.2, 0.25) is 10.0 Å². The minimum Gasteiger partial charge on any atom is -0.497 e. The molecule has 2 aliphatic heterocycles. The molecule has 2 fully saturated rings. The van der Waals surface area contributed by atoms with Crippen molar-refractivity contribution in [3.63, 3.8) is 0 Å². The number of ether oxygens (including phenoxy) is 1. The molecule has 128 valence electrons. The SMILES string of the molecule is COc1ccc(S(=O)(=O)N2CCC([N+]3(C)CCCC3)CC2)cc1. The summed E-state index contributed by atoms with van der Waals surface area (Å²) in [5, 5.41) is 0. The van der Waals surface area contributed by atoms with Crippen LogP contribution in [0.15, 0.2) is 29.2 Å². The summed E-state index contributed by atoms with van der Waals surface area (Å²) in [5.41, 5.74) is 0. The number of sulfonamides is 1. The molecule has 23 heavy (non-hydrogen) atoms. The molecular weight excluding hydrogens is 312 g/mol. The third-order valence-electron chi connectivity index (χ3n) is 5.59. The summed E-state index contributed by atoms with van der Waals surface area (Å²) >= 11 is 0. The van der Waals surface area contributed by atoms with Crippen LogP contribution >= 0.6 is 0 Å². The van der Waals surface area contributed by atoms with Gasteiger partial charge in [-0.05, 0) is 24.3 Å². The van der Waals surface area contributed by atoms with Gasteiger partial charge in [0.15, 0.2) is 0 Å². The number of hydrogen-bond acceptors (Lipinski definition) is 3. The fourth-order valence-electron chi connectivity index (χ4n) is 4.03. The fraction of sp³-hybridized carbons (Fsp3) is 0.647. The summed E-state index contributed by atoms with van der Waals surface area (Å²) in [4.78, 5) is 0.360. The van der Waals surface area contributed by atoms with E-state index in [4.69, 9.17) is 4.74 Å². The number of likely N-dealkylation sites (tertiary alicyclic amines) is 1. The molecule has 0 spiro atoms. The van der Waals surface area contributed by atoms with E-state index in [0.717, 1.165) is 17.3 Å². The quantitative estimate of drug-likeness (QED) is 0.789. The van der Waals surface area contributed by atoms with Gasteiger partial charge in [-0.15, -0.1) is 0 Å². The number of hydrogen-bond donors (Lipinski definition) is 0. The van der Waals surface area contributed by atoms with Crippen LogP contribution in [0.5, 0.6) is 5.75 Å². The Morgan fingerprint density at radius 1 is 1.09 bits per heavy atom. The molecule has 1 aromatic carbocycles. The molecule has 2 aliphatic rings. The highest BCUT2D eigenvalue weighted by molar-refractivity contribution is 7.89. The highest BCUT2D eigenvalue weighted by Crippen LogP contribution is 2.30. The topological polar surface area (TPSA) is 46.6 Å². The van der Waals surface area contributed by atoms with E-state index >= 15 is 0 Å². The van der Waals surface area contributed by atoms with Crippen LogP contribution < -0.4 is 4.74 Å². The standard InChI is InChI=1S/C17H27N2O3S/c1-19(13-3-4-14-19)15-9-11-18(12-10-15)23(20,21)17-7-5-16(22-2)6-8-17/h5-8,15H,3-4,9-14H2,1-2H3/q+1. The maximum Gasteiger partial charge on any atom is 0.243 e. The number of piperidine rings is 1. The molecule has 0 N–H and O–H groups in total. The Balaban J connectivity index is 1.68. The molecule has 0 bridgehead atoms. The lowest BCUT2D eigenvalue weighted by molar-refractivity contribution is -0.923. The highest BCUT2D eigenvalue weighted by atomic mass is 32.2. The summed E-state index contributed by atoms with van der Waals surface area (Å²) < 4.78 is 33.4. The number of rotatable bonds is 4. The molecule has 0 unspecified atom stereocenters. The van der Waals surface area contributed by atoms with Crippen molar-refractivity contribution in [2.75, 3.05) is 40.3 Å². The Kier molecular flexibility index (Phi) is 4.67. The molecule has 0 saturated carbocycles. The second-order valence-electron chi connectivity index (χ2n) is 6.94. The van der Waals surface area contributed by atoms with Gasteiger partial charge in [-0.2, -0.15) is 4.31 Å². The molecule has 5 nitrogen and oxygen atoms in total. The Morgan fingerprint density at radius 3 is 2.17 bits per heavy atom. The monoisotopic (exact) mass is 339 g/mol. The minimum absolute atomic E-state index is 0.360. The molecule has 2 saturated heterocycles. The molecule has 0 aliphatic carbocycles. The van der Waals surface area contributed by atoms with Crippen LogP contribution in [-0.2, 0) is 10.0 Å². The van der Waals surface area contributed by atoms with Gasteiger partial charge in [-0.1, -0.05) is 0 Å². The van der Waals surface area contributed by atoms with Crippen molar-refractivity contribution in [3.05, 3.63) is 24.3 Å². The van der Waals surface area contributed by atoms with Crippen molar-refractivity contribution in [3.8, 4) is 5.75 Å². The molecule has 0 aromatic heterocycles. The van der Waals surface area contributed by atoms with Crippen LogP contribution in [-0.4, -0.2) is 63.6 Å². The van der Waals surface area contributed by atoms with Crippen molar-refractivity contribution in [2.45, 2.75) is 36.6 Å². The van der Waals surface area contributed by atoms with Gasteiger partial charge in [0.1, 0.15) is 5.75 Å². The van der Waals surface area contributed by atoms with Crippen molar-refractivity contribution in [1.82, 2.24) is 4.31 Å². The maximum absolute atomic E-state index is 12.8. The lowest BCUT2D eigenvalue weighted by Crippen LogP contribution is -2.55. The normalized spacial score (nSPS) is 23.0. The zero-order chi connectivity index (χ0) is 16.5. The second kappa shape index (κ2) is 6.42. The van der Waals surface area contributed by atoms with E-state index in [2.05, 4.69) is 7.05 Å². The summed E-state index contributed by atoms with van der Waals surface area (Å²) in [5.74, 6) is 0.675. The third kappa shape index (κ3) is 3.25. The summed E-state index contributed by atoms with van der Waals surface area (Å²) in [6.07, 6.45) is 4.54. The van der Waals surface area contributed by atoms with E-state index < -0.39 is 10.0 Å². The van der Waals surface area contributed by atoms with Crippen molar-refractivity contribution in [2.24, 2.45) is 0 Å². The molecule has 2 heterocycles. The highest BCUT2D eigenvalue weighted by Gasteiger charge is 2.40. The number of benzene rings is 1. The van der Waals surface area contributed by atoms with E-state index in [0.29, 0.717) is 29.8 Å². The van der Waals surface area contributed by atoms with Crippen LogP contribution in [0.3, 0.4) is 0 Å². The first-order valence-electron chi connectivity index (χ1n) is 8.44. The predicted molar refractivity (Wildman–Crippen MR) is 89.9 cm³/mol. The zero-order valence-electron chi connectivity index (χ0n) is 14.1. The zero-order valence-corrected chi connectivity index (χ0v) is 14.9. The van der Waals surface area contributed by atoms with Crippen molar-refractivity contribution < 1.29 is 17.6 Å². The lowest BCUT2D eigenvalue weighted by atomic mass is 10.0. The van der Waals surface area contributed by atoms with E-state index in [1.807, 2.05) is 0 Å². The van der Waals surface area contributed by atoms with Gasteiger partial charge in [0.05, 0.1) is 38.2 Å². The summed E-state index contributed by atoms with van der Waals surface area (Å²) in [6, 6.07) is 7.29. The molecule has 1 aromatic rings. The first kappa shape index (κ1) is 16.7. The number of quaternary nitrogens is 1. The van der Waals surface area contributed by atoms with Gasteiger partial charge in [0.25, 0.3) is 0 Å². The second-order valence-corrected chi connectivity index (χ2v) is 8.88. The summed E-state index contributed by atoms with van der Waals surface area (Å²) in [6.45, 7) is 3.76. The van der Waals surface area contributed by atoms with E-state index in [1.165, 1.54) is 25.9 Å². The number of methoxy groups -OCH3 is 1. The lowest BCUT2D eigenvalue weighted by Gasteiger charge is -2.42. The van der Waals surface area contributed by atoms with E-state index in [9.17, 15) is 8.42 Å². The van der Waals surface area contributed by atoms with Gasteiger partial charge in [-0.3, -0.25) is 0 Å². The van der Waals surface area contributed by atoms with Gasteiger partial charge < -0.3 is 9.22 Å². The largest absolute Gasteiger partial charge is 0.497 e. The van der Waals surface area contributed by atoms with Gasteiger partial charge in [-0.25, -0.2) is 8.42 Å². The first-order valence-corrected chi connectivity index (χ1v) is 9.88. The first-order chi connectivity index (χ1) is 11.0. The fourth-order valence-corrected chi connectivity index (χ4v) is 5.50.